The molecule has 0 aliphatic carbocycles. The molecule has 1 atom stereocenters. The maximum Gasteiger partial charge on any atom is 0.416 e. The third-order valence-corrected chi connectivity index (χ3v) is 4.50. The minimum atomic E-state index is -4.28. The van der Waals surface area contributed by atoms with Gasteiger partial charge in [0, 0.05) is 6.04 Å². The van der Waals surface area contributed by atoms with Crippen LogP contribution in [0.5, 0.6) is 0 Å². The molecular formula is C22H26F3N. The van der Waals surface area contributed by atoms with Crippen molar-refractivity contribution in [1.29, 1.82) is 0 Å². The minimum Gasteiger partial charge on any atom is -0.310 e. The summed E-state index contributed by atoms with van der Waals surface area (Å²) in [4.78, 5) is 0. The molecule has 1 nitrogen and oxygen atoms in total. The molecule has 0 aliphatic rings. The van der Waals surface area contributed by atoms with E-state index in [0.29, 0.717) is 6.42 Å². The van der Waals surface area contributed by atoms with Crippen LogP contribution in [0.25, 0.3) is 6.08 Å². The van der Waals surface area contributed by atoms with Crippen LogP contribution in [-0.4, -0.2) is 6.54 Å². The van der Waals surface area contributed by atoms with Gasteiger partial charge in [-0.05, 0) is 68.5 Å². The molecule has 4 heteroatoms. The summed E-state index contributed by atoms with van der Waals surface area (Å²) in [6, 6.07) is 12.0. The number of alkyl halides is 3. The zero-order chi connectivity index (χ0) is 19.2. The van der Waals surface area contributed by atoms with E-state index in [1.165, 1.54) is 28.8 Å². The molecule has 1 N–H and O–H groups in total. The van der Waals surface area contributed by atoms with Gasteiger partial charge in [-0.3, -0.25) is 0 Å². The molecule has 0 saturated carbocycles. The summed E-state index contributed by atoms with van der Waals surface area (Å²) in [5, 5.41) is 3.48. The van der Waals surface area contributed by atoms with Gasteiger partial charge in [0.05, 0.1) is 5.56 Å². The van der Waals surface area contributed by atoms with E-state index in [2.05, 4.69) is 43.4 Å². The second kappa shape index (κ2) is 9.04. The molecule has 0 fully saturated rings. The lowest BCUT2D eigenvalue weighted by Gasteiger charge is -2.18. The van der Waals surface area contributed by atoms with Crippen LogP contribution in [0, 0.1) is 6.92 Å². The summed E-state index contributed by atoms with van der Waals surface area (Å²) in [5.41, 5.74) is 3.85. The second-order valence-electron chi connectivity index (χ2n) is 6.56. The predicted octanol–water partition coefficient (Wildman–Crippen LogP) is 6.33. The first-order chi connectivity index (χ1) is 12.3. The van der Waals surface area contributed by atoms with Crippen LogP contribution in [0.3, 0.4) is 0 Å². The van der Waals surface area contributed by atoms with Gasteiger partial charge < -0.3 is 5.32 Å². The lowest BCUT2D eigenvalue weighted by atomic mass is 9.96. The lowest BCUT2D eigenvalue weighted by Crippen LogP contribution is -2.21. The Morgan fingerprint density at radius 2 is 1.85 bits per heavy atom. The average molecular weight is 361 g/mol. The van der Waals surface area contributed by atoms with E-state index < -0.39 is 11.7 Å². The third kappa shape index (κ3) is 5.46. The van der Waals surface area contributed by atoms with Gasteiger partial charge >= 0.3 is 6.18 Å². The molecule has 2 aromatic rings. The smallest absolute Gasteiger partial charge is 0.310 e. The standard InChI is InChI=1S/C22H26F3N/c1-4-8-20-16(2)9-5-13-21(20)17(3)26-14-7-11-18-10-6-12-19(15-18)22(23,24)25/h4-6,8-10,12-13,15,17,26H,7,11,14H2,1-3H3. The van der Waals surface area contributed by atoms with Crippen molar-refractivity contribution in [3.05, 3.63) is 76.4 Å². The number of nitrogens with one attached hydrogen (secondary N) is 1. The molecule has 140 valence electrons. The molecule has 0 bridgehead atoms. The SMILES string of the molecule is CC=Cc1c(C)cccc1C(C)NCCCc1cccc(C(F)(F)F)c1. The maximum absolute atomic E-state index is 12.8. The van der Waals surface area contributed by atoms with Crippen LogP contribution in [0.1, 0.15) is 54.1 Å². The summed E-state index contributed by atoms with van der Waals surface area (Å²) in [6.07, 6.45) is 1.28. The van der Waals surface area contributed by atoms with Crippen molar-refractivity contribution in [3.8, 4) is 0 Å². The van der Waals surface area contributed by atoms with Crippen LogP contribution in [0.15, 0.2) is 48.5 Å². The molecule has 0 amide bonds. The van der Waals surface area contributed by atoms with Crippen LogP contribution in [0.4, 0.5) is 13.2 Å². The lowest BCUT2D eigenvalue weighted by molar-refractivity contribution is -0.137. The molecule has 2 aromatic carbocycles. The molecule has 0 spiro atoms. The van der Waals surface area contributed by atoms with E-state index in [-0.39, 0.29) is 6.04 Å². The molecule has 0 aromatic heterocycles. The number of benzene rings is 2. The Bertz CT molecular complexity index is 747. The zero-order valence-corrected chi connectivity index (χ0v) is 15.5. The van der Waals surface area contributed by atoms with Gasteiger partial charge in [-0.15, -0.1) is 0 Å². The molecule has 0 saturated heterocycles. The number of hydrogen-bond acceptors (Lipinski definition) is 1. The summed E-state index contributed by atoms with van der Waals surface area (Å²) in [7, 11) is 0. The minimum absolute atomic E-state index is 0.183. The van der Waals surface area contributed by atoms with Gasteiger partial charge in [0.1, 0.15) is 0 Å². The van der Waals surface area contributed by atoms with Gasteiger partial charge in [-0.1, -0.05) is 48.6 Å². The van der Waals surface area contributed by atoms with Crippen LogP contribution >= 0.6 is 0 Å². The van der Waals surface area contributed by atoms with Crippen molar-refractivity contribution in [1.82, 2.24) is 5.32 Å². The highest BCUT2D eigenvalue weighted by molar-refractivity contribution is 5.58. The van der Waals surface area contributed by atoms with E-state index in [9.17, 15) is 13.2 Å². The number of hydrogen-bond donors (Lipinski definition) is 1. The molecule has 0 heterocycles. The second-order valence-corrected chi connectivity index (χ2v) is 6.56. The highest BCUT2D eigenvalue weighted by atomic mass is 19.4. The fourth-order valence-corrected chi connectivity index (χ4v) is 3.10. The largest absolute Gasteiger partial charge is 0.416 e. The van der Waals surface area contributed by atoms with Gasteiger partial charge in [0.25, 0.3) is 0 Å². The molecule has 0 radical (unpaired) electrons. The fourth-order valence-electron chi connectivity index (χ4n) is 3.10. The third-order valence-electron chi connectivity index (χ3n) is 4.50. The quantitative estimate of drug-likeness (QED) is 0.568. The van der Waals surface area contributed by atoms with E-state index in [0.717, 1.165) is 24.6 Å². The molecule has 0 aliphatic heterocycles. The normalized spacial score (nSPS) is 13.3. The van der Waals surface area contributed by atoms with Gasteiger partial charge in [-0.2, -0.15) is 13.2 Å². The summed E-state index contributed by atoms with van der Waals surface area (Å²) >= 11 is 0. The molecule has 2 rings (SSSR count). The van der Waals surface area contributed by atoms with E-state index in [1.54, 1.807) is 6.07 Å². The first-order valence-corrected chi connectivity index (χ1v) is 8.94. The number of rotatable bonds is 7. The van der Waals surface area contributed by atoms with E-state index in [1.807, 2.05) is 13.0 Å². The number of aryl methyl sites for hydroxylation is 2. The van der Waals surface area contributed by atoms with Crippen molar-refractivity contribution in [2.45, 2.75) is 45.8 Å². The Balaban J connectivity index is 1.92. The molecule has 26 heavy (non-hydrogen) atoms. The van der Waals surface area contributed by atoms with Crippen molar-refractivity contribution in [3.63, 3.8) is 0 Å². The Labute approximate surface area is 153 Å². The highest BCUT2D eigenvalue weighted by Crippen LogP contribution is 2.29. The highest BCUT2D eigenvalue weighted by Gasteiger charge is 2.30. The first-order valence-electron chi connectivity index (χ1n) is 8.94. The Hall–Kier alpha value is -2.07. The Kier molecular flexibility index (Phi) is 7.04. The summed E-state index contributed by atoms with van der Waals surface area (Å²) in [5.74, 6) is 0. The van der Waals surface area contributed by atoms with Crippen LogP contribution in [0.2, 0.25) is 0 Å². The van der Waals surface area contributed by atoms with E-state index in [4.69, 9.17) is 0 Å². The Morgan fingerprint density at radius 1 is 1.12 bits per heavy atom. The zero-order valence-electron chi connectivity index (χ0n) is 15.5. The van der Waals surface area contributed by atoms with Crippen molar-refractivity contribution in [2.24, 2.45) is 0 Å². The molecule has 1 unspecified atom stereocenters. The van der Waals surface area contributed by atoms with Crippen LogP contribution in [-0.2, 0) is 12.6 Å². The monoisotopic (exact) mass is 361 g/mol. The van der Waals surface area contributed by atoms with Crippen molar-refractivity contribution in [2.75, 3.05) is 6.54 Å². The number of halogens is 3. The van der Waals surface area contributed by atoms with Crippen LogP contribution < -0.4 is 5.32 Å². The van der Waals surface area contributed by atoms with E-state index >= 15 is 0 Å². The average Bonchev–Trinajstić information content (AvgIpc) is 2.60. The van der Waals surface area contributed by atoms with Crippen molar-refractivity contribution < 1.29 is 13.2 Å². The predicted molar refractivity (Wildman–Crippen MR) is 102 cm³/mol. The van der Waals surface area contributed by atoms with Gasteiger partial charge in [0.15, 0.2) is 0 Å². The van der Waals surface area contributed by atoms with Gasteiger partial charge in [0.2, 0.25) is 0 Å². The summed E-state index contributed by atoms with van der Waals surface area (Å²) in [6.45, 7) is 6.97. The summed E-state index contributed by atoms with van der Waals surface area (Å²) < 4.78 is 38.3. The number of allylic oxidation sites excluding steroid dienone is 1. The van der Waals surface area contributed by atoms with Gasteiger partial charge in [-0.25, -0.2) is 0 Å². The fraction of sp³-hybridized carbons (Fsp3) is 0.364. The maximum atomic E-state index is 12.8. The Morgan fingerprint density at radius 3 is 2.54 bits per heavy atom. The first kappa shape index (κ1) is 20.2. The topological polar surface area (TPSA) is 12.0 Å². The van der Waals surface area contributed by atoms with Crippen molar-refractivity contribution >= 4 is 6.08 Å². The molecular weight excluding hydrogens is 335 g/mol.